The number of ether oxygens (including phenoxy) is 1. The molecular weight excluding hydrogens is 286 g/mol. The summed E-state index contributed by atoms with van der Waals surface area (Å²) < 4.78 is 7.03. The number of benzene rings is 1. The number of cyclic esters (lactones) is 1. The summed E-state index contributed by atoms with van der Waals surface area (Å²) in [5.74, 6) is -0.159. The van der Waals surface area contributed by atoms with E-state index in [1.165, 1.54) is 22.7 Å². The van der Waals surface area contributed by atoms with Gasteiger partial charge in [0.25, 0.3) is 0 Å². The van der Waals surface area contributed by atoms with Crippen LogP contribution in [0.4, 0.5) is 0 Å². The van der Waals surface area contributed by atoms with E-state index in [0.29, 0.717) is 6.61 Å². The standard InChI is InChI=1S/C15H13N3O2S/c1-9-8-13-16-17-15(21-12-6-7-20-14(12)19)18(13)11-5-3-2-4-10(9)11/h2-5,8,12H,6-7H2,1H3/t12-/m0/s1. The second-order valence-corrected chi connectivity index (χ2v) is 6.25. The molecule has 0 spiro atoms. The number of para-hydroxylation sites is 1. The summed E-state index contributed by atoms with van der Waals surface area (Å²) in [7, 11) is 0. The van der Waals surface area contributed by atoms with Gasteiger partial charge in [-0.25, -0.2) is 0 Å². The highest BCUT2D eigenvalue weighted by Gasteiger charge is 2.29. The van der Waals surface area contributed by atoms with Crippen LogP contribution in [0.25, 0.3) is 16.6 Å². The first-order valence-electron chi connectivity index (χ1n) is 6.81. The summed E-state index contributed by atoms with van der Waals surface area (Å²) in [5.41, 5.74) is 3.04. The van der Waals surface area contributed by atoms with Crippen molar-refractivity contribution in [2.75, 3.05) is 6.61 Å². The summed E-state index contributed by atoms with van der Waals surface area (Å²) in [5, 5.41) is 10.2. The van der Waals surface area contributed by atoms with Crippen molar-refractivity contribution in [2.24, 2.45) is 0 Å². The van der Waals surface area contributed by atoms with Crippen molar-refractivity contribution in [3.8, 4) is 0 Å². The molecule has 0 aliphatic carbocycles. The van der Waals surface area contributed by atoms with Crippen LogP contribution >= 0.6 is 11.8 Å². The lowest BCUT2D eigenvalue weighted by Crippen LogP contribution is -2.10. The van der Waals surface area contributed by atoms with Crippen molar-refractivity contribution >= 4 is 34.3 Å². The molecule has 3 heterocycles. The van der Waals surface area contributed by atoms with Gasteiger partial charge in [-0.3, -0.25) is 9.20 Å². The number of hydrogen-bond acceptors (Lipinski definition) is 5. The average Bonchev–Trinajstić information content (AvgIpc) is 3.07. The molecule has 0 unspecified atom stereocenters. The Morgan fingerprint density at radius 2 is 2.19 bits per heavy atom. The number of fused-ring (bicyclic) bond motifs is 3. The number of esters is 1. The monoisotopic (exact) mass is 299 g/mol. The van der Waals surface area contributed by atoms with E-state index in [9.17, 15) is 4.79 Å². The molecule has 1 fully saturated rings. The smallest absolute Gasteiger partial charge is 0.319 e. The van der Waals surface area contributed by atoms with Crippen molar-refractivity contribution in [3.63, 3.8) is 0 Å². The van der Waals surface area contributed by atoms with Gasteiger partial charge in [0.05, 0.1) is 12.1 Å². The van der Waals surface area contributed by atoms with E-state index in [0.717, 1.165) is 22.7 Å². The van der Waals surface area contributed by atoms with Crippen molar-refractivity contribution in [3.05, 3.63) is 35.9 Å². The molecule has 4 rings (SSSR count). The minimum Gasteiger partial charge on any atom is -0.465 e. The number of nitrogens with zero attached hydrogens (tertiary/aromatic N) is 3. The van der Waals surface area contributed by atoms with E-state index in [2.05, 4.69) is 29.3 Å². The molecule has 1 aromatic carbocycles. The maximum absolute atomic E-state index is 11.7. The number of pyridine rings is 1. The highest BCUT2D eigenvalue weighted by atomic mass is 32.2. The lowest BCUT2D eigenvalue weighted by atomic mass is 10.1. The zero-order valence-corrected chi connectivity index (χ0v) is 12.3. The minimum absolute atomic E-state index is 0.159. The number of aryl methyl sites for hydroxylation is 1. The Balaban J connectivity index is 1.90. The Bertz CT molecular complexity index is 859. The highest BCUT2D eigenvalue weighted by molar-refractivity contribution is 8.00. The summed E-state index contributed by atoms with van der Waals surface area (Å²) in [6.07, 6.45) is 0.724. The Hall–Kier alpha value is -2.08. The van der Waals surface area contributed by atoms with Crippen LogP contribution in [0.1, 0.15) is 12.0 Å². The Morgan fingerprint density at radius 3 is 3.00 bits per heavy atom. The maximum Gasteiger partial charge on any atom is 0.319 e. The van der Waals surface area contributed by atoms with Gasteiger partial charge in [-0.1, -0.05) is 30.0 Å². The fourth-order valence-electron chi connectivity index (χ4n) is 2.66. The lowest BCUT2D eigenvalue weighted by Gasteiger charge is -2.08. The SMILES string of the molecule is Cc1cc2nnc(S[C@H]3CCOC3=O)n2c2ccccc12. The number of aromatic nitrogens is 3. The molecule has 2 aromatic heterocycles. The number of carbonyl (C=O) groups is 1. The zero-order chi connectivity index (χ0) is 14.4. The summed E-state index contributed by atoms with van der Waals surface area (Å²) in [4.78, 5) is 11.7. The van der Waals surface area contributed by atoms with Gasteiger partial charge in [-0.15, -0.1) is 10.2 Å². The first-order chi connectivity index (χ1) is 10.2. The lowest BCUT2D eigenvalue weighted by molar-refractivity contribution is -0.137. The highest BCUT2D eigenvalue weighted by Crippen LogP contribution is 2.31. The molecule has 5 nitrogen and oxygen atoms in total. The molecule has 0 saturated carbocycles. The average molecular weight is 299 g/mol. The van der Waals surface area contributed by atoms with E-state index >= 15 is 0 Å². The van der Waals surface area contributed by atoms with Crippen LogP contribution in [-0.4, -0.2) is 32.4 Å². The molecule has 1 aliphatic rings. The minimum atomic E-state index is -0.183. The predicted molar refractivity (Wildman–Crippen MR) is 80.5 cm³/mol. The molecule has 1 atom stereocenters. The van der Waals surface area contributed by atoms with E-state index in [1.807, 2.05) is 22.6 Å². The van der Waals surface area contributed by atoms with E-state index < -0.39 is 0 Å². The molecule has 6 heteroatoms. The Labute approximate surface area is 125 Å². The molecule has 0 radical (unpaired) electrons. The molecule has 1 aliphatic heterocycles. The van der Waals surface area contributed by atoms with Crippen LogP contribution in [-0.2, 0) is 9.53 Å². The number of thioether (sulfide) groups is 1. The number of carbonyl (C=O) groups excluding carboxylic acids is 1. The first-order valence-corrected chi connectivity index (χ1v) is 7.69. The third-order valence-electron chi connectivity index (χ3n) is 3.71. The molecule has 0 bridgehead atoms. The van der Waals surface area contributed by atoms with E-state index in [1.54, 1.807) is 0 Å². The van der Waals surface area contributed by atoms with E-state index in [-0.39, 0.29) is 11.2 Å². The van der Waals surface area contributed by atoms with Gasteiger partial charge in [0.2, 0.25) is 0 Å². The maximum atomic E-state index is 11.7. The molecule has 0 N–H and O–H groups in total. The van der Waals surface area contributed by atoms with Crippen LogP contribution < -0.4 is 0 Å². The van der Waals surface area contributed by atoms with Crippen LogP contribution in [0.5, 0.6) is 0 Å². The van der Waals surface area contributed by atoms with Gasteiger partial charge >= 0.3 is 5.97 Å². The zero-order valence-electron chi connectivity index (χ0n) is 11.4. The van der Waals surface area contributed by atoms with Crippen molar-refractivity contribution in [1.29, 1.82) is 0 Å². The summed E-state index contributed by atoms with van der Waals surface area (Å²) in [6.45, 7) is 2.56. The molecular formula is C15H13N3O2S. The summed E-state index contributed by atoms with van der Waals surface area (Å²) >= 11 is 1.43. The predicted octanol–water partition coefficient (Wildman–Crippen LogP) is 2.60. The third kappa shape index (κ3) is 1.98. The first kappa shape index (κ1) is 12.6. The summed E-state index contributed by atoms with van der Waals surface area (Å²) in [6, 6.07) is 10.2. The van der Waals surface area contributed by atoms with Gasteiger partial charge < -0.3 is 4.74 Å². The van der Waals surface area contributed by atoms with Crippen molar-refractivity contribution < 1.29 is 9.53 Å². The fourth-order valence-corrected chi connectivity index (χ4v) is 3.68. The molecule has 0 amide bonds. The second kappa shape index (κ2) is 4.73. The molecule has 21 heavy (non-hydrogen) atoms. The van der Waals surface area contributed by atoms with Gasteiger partial charge in [0.1, 0.15) is 5.25 Å². The Kier molecular flexibility index (Phi) is 2.85. The van der Waals surface area contributed by atoms with E-state index in [4.69, 9.17) is 4.74 Å². The topological polar surface area (TPSA) is 56.5 Å². The quantitative estimate of drug-likeness (QED) is 0.681. The van der Waals surface area contributed by atoms with Crippen molar-refractivity contribution in [2.45, 2.75) is 23.8 Å². The third-order valence-corrected chi connectivity index (χ3v) is 4.90. The normalized spacial score (nSPS) is 18.5. The van der Waals surface area contributed by atoms with Crippen LogP contribution in [0, 0.1) is 6.92 Å². The second-order valence-electron chi connectivity index (χ2n) is 5.08. The van der Waals surface area contributed by atoms with Gasteiger partial charge in [0.15, 0.2) is 10.8 Å². The van der Waals surface area contributed by atoms with Gasteiger partial charge in [-0.05, 0) is 24.6 Å². The van der Waals surface area contributed by atoms with Crippen LogP contribution in [0.2, 0.25) is 0 Å². The number of hydrogen-bond donors (Lipinski definition) is 0. The molecule has 1 saturated heterocycles. The van der Waals surface area contributed by atoms with Crippen LogP contribution in [0.3, 0.4) is 0 Å². The van der Waals surface area contributed by atoms with Crippen LogP contribution in [0.15, 0.2) is 35.5 Å². The van der Waals surface area contributed by atoms with Gasteiger partial charge in [0, 0.05) is 11.8 Å². The molecule has 106 valence electrons. The van der Waals surface area contributed by atoms with Crippen molar-refractivity contribution in [1.82, 2.24) is 14.6 Å². The largest absolute Gasteiger partial charge is 0.465 e. The number of rotatable bonds is 2. The molecule has 3 aromatic rings. The Morgan fingerprint density at radius 1 is 1.33 bits per heavy atom. The van der Waals surface area contributed by atoms with Gasteiger partial charge in [-0.2, -0.15) is 0 Å². The fraction of sp³-hybridized carbons (Fsp3) is 0.267.